The van der Waals surface area contributed by atoms with Crippen LogP contribution in [-0.2, 0) is 0 Å². The molecule has 1 aromatic rings. The van der Waals surface area contributed by atoms with Crippen LogP contribution in [0.5, 0.6) is 0 Å². The molecule has 0 saturated carbocycles. The van der Waals surface area contributed by atoms with Gasteiger partial charge in [-0.25, -0.2) is 4.79 Å². The lowest BCUT2D eigenvalue weighted by atomic mass is 10.1. The van der Waals surface area contributed by atoms with Gasteiger partial charge in [0.15, 0.2) is 0 Å². The quantitative estimate of drug-likeness (QED) is 0.709. The molecule has 0 bridgehead atoms. The zero-order chi connectivity index (χ0) is 11.3. The third-order valence-corrected chi connectivity index (χ3v) is 1.82. The van der Waals surface area contributed by atoms with Crippen LogP contribution in [0.15, 0.2) is 30.3 Å². The molecule has 0 aromatic heterocycles. The van der Waals surface area contributed by atoms with E-state index in [0.29, 0.717) is 0 Å². The smallest absolute Gasteiger partial charge is 0.320 e. The van der Waals surface area contributed by atoms with Gasteiger partial charge in [-0.15, -0.1) is 6.42 Å². The molecule has 1 rings (SSSR count). The Bertz CT molecular complexity index is 376. The second kappa shape index (κ2) is 4.52. The average molecular weight is 202 g/mol. The van der Waals surface area contributed by atoms with Crippen LogP contribution >= 0.6 is 0 Å². The van der Waals surface area contributed by atoms with E-state index in [9.17, 15) is 4.79 Å². The van der Waals surface area contributed by atoms with E-state index in [1.165, 1.54) is 0 Å². The summed E-state index contributed by atoms with van der Waals surface area (Å²) in [6.07, 6.45) is 5.26. The monoisotopic (exact) mass is 202 g/mol. The first-order valence-corrected chi connectivity index (χ1v) is 4.65. The summed E-state index contributed by atoms with van der Waals surface area (Å²) in [6, 6.07) is 8.90. The second-order valence-electron chi connectivity index (χ2n) is 3.71. The van der Waals surface area contributed by atoms with Crippen molar-refractivity contribution in [2.24, 2.45) is 0 Å². The first kappa shape index (κ1) is 11.1. The molecule has 0 saturated heterocycles. The van der Waals surface area contributed by atoms with Crippen LogP contribution in [0.3, 0.4) is 0 Å². The largest absolute Gasteiger partial charge is 0.322 e. The molecule has 78 valence electrons. The van der Waals surface area contributed by atoms with Crippen molar-refractivity contribution in [3.05, 3.63) is 30.3 Å². The minimum absolute atomic E-state index is 0.302. The lowest BCUT2D eigenvalue weighted by Gasteiger charge is -2.19. The highest BCUT2D eigenvalue weighted by Gasteiger charge is 2.16. The maximum atomic E-state index is 11.5. The molecule has 2 N–H and O–H groups in total. The fraction of sp³-hybridized carbons (Fsp3) is 0.250. The van der Waals surface area contributed by atoms with Crippen LogP contribution in [0.1, 0.15) is 13.8 Å². The fourth-order valence-corrected chi connectivity index (χ4v) is 1.00. The van der Waals surface area contributed by atoms with E-state index in [4.69, 9.17) is 6.42 Å². The number of urea groups is 1. The zero-order valence-electron chi connectivity index (χ0n) is 8.87. The Morgan fingerprint density at radius 3 is 2.47 bits per heavy atom. The minimum atomic E-state index is -0.640. The molecule has 2 amide bonds. The summed E-state index contributed by atoms with van der Waals surface area (Å²) >= 11 is 0. The van der Waals surface area contributed by atoms with E-state index in [1.807, 2.05) is 30.3 Å². The third-order valence-electron chi connectivity index (χ3n) is 1.82. The summed E-state index contributed by atoms with van der Waals surface area (Å²) < 4.78 is 0. The van der Waals surface area contributed by atoms with Gasteiger partial charge >= 0.3 is 6.03 Å². The number of para-hydroxylation sites is 1. The van der Waals surface area contributed by atoms with E-state index in [2.05, 4.69) is 16.6 Å². The highest BCUT2D eigenvalue weighted by atomic mass is 16.2. The number of terminal acetylenes is 1. The van der Waals surface area contributed by atoms with E-state index in [0.717, 1.165) is 5.69 Å². The van der Waals surface area contributed by atoms with Crippen molar-refractivity contribution < 1.29 is 4.79 Å². The predicted molar refractivity (Wildman–Crippen MR) is 61.5 cm³/mol. The van der Waals surface area contributed by atoms with Gasteiger partial charge in [0.05, 0.1) is 5.54 Å². The number of amides is 2. The summed E-state index contributed by atoms with van der Waals surface area (Å²) in [5.74, 6) is 2.49. The van der Waals surface area contributed by atoms with Gasteiger partial charge in [-0.3, -0.25) is 0 Å². The van der Waals surface area contributed by atoms with Gasteiger partial charge in [-0.05, 0) is 26.0 Å². The van der Waals surface area contributed by atoms with Crippen molar-refractivity contribution in [1.82, 2.24) is 5.32 Å². The maximum Gasteiger partial charge on any atom is 0.320 e. The lowest BCUT2D eigenvalue weighted by molar-refractivity contribution is 0.247. The molecule has 0 spiro atoms. The molecule has 0 fully saturated rings. The number of hydrogen-bond acceptors (Lipinski definition) is 1. The number of carbonyl (C=O) groups excluding carboxylic acids is 1. The topological polar surface area (TPSA) is 41.1 Å². The van der Waals surface area contributed by atoms with E-state index >= 15 is 0 Å². The summed E-state index contributed by atoms with van der Waals surface area (Å²) in [4.78, 5) is 11.5. The van der Waals surface area contributed by atoms with Crippen LogP contribution in [0.4, 0.5) is 10.5 Å². The molecule has 15 heavy (non-hydrogen) atoms. The molecule has 0 aliphatic heterocycles. The first-order valence-electron chi connectivity index (χ1n) is 4.65. The SMILES string of the molecule is C#CC(C)(C)NC(=O)Nc1ccccc1. The highest BCUT2D eigenvalue weighted by Crippen LogP contribution is 2.05. The van der Waals surface area contributed by atoms with Gasteiger partial charge in [-0.2, -0.15) is 0 Å². The van der Waals surface area contributed by atoms with Crippen molar-refractivity contribution in [3.63, 3.8) is 0 Å². The molecular weight excluding hydrogens is 188 g/mol. The molecule has 0 aliphatic rings. The van der Waals surface area contributed by atoms with Gasteiger partial charge in [0.2, 0.25) is 0 Å². The summed E-state index contributed by atoms with van der Waals surface area (Å²) in [6.45, 7) is 3.52. The first-order chi connectivity index (χ1) is 7.03. The second-order valence-corrected chi connectivity index (χ2v) is 3.71. The Morgan fingerprint density at radius 2 is 1.93 bits per heavy atom. The van der Waals surface area contributed by atoms with Gasteiger partial charge in [0, 0.05) is 5.69 Å². The minimum Gasteiger partial charge on any atom is -0.322 e. The third kappa shape index (κ3) is 3.74. The zero-order valence-corrected chi connectivity index (χ0v) is 8.87. The van der Waals surface area contributed by atoms with Crippen molar-refractivity contribution in [2.45, 2.75) is 19.4 Å². The van der Waals surface area contributed by atoms with E-state index in [-0.39, 0.29) is 6.03 Å². The van der Waals surface area contributed by atoms with E-state index in [1.54, 1.807) is 13.8 Å². The molecule has 0 heterocycles. The lowest BCUT2D eigenvalue weighted by Crippen LogP contribution is -2.44. The average Bonchev–Trinajstić information content (AvgIpc) is 2.18. The van der Waals surface area contributed by atoms with E-state index < -0.39 is 5.54 Å². The normalized spacial score (nSPS) is 10.2. The number of rotatable bonds is 2. The molecule has 0 atom stereocenters. The standard InChI is InChI=1S/C12H14N2O/c1-4-12(2,3)14-11(15)13-10-8-6-5-7-9-10/h1,5-9H,2-3H3,(H2,13,14,15). The van der Waals surface area contributed by atoms with Crippen LogP contribution < -0.4 is 10.6 Å². The van der Waals surface area contributed by atoms with Gasteiger partial charge in [-0.1, -0.05) is 24.1 Å². The predicted octanol–water partition coefficient (Wildman–Crippen LogP) is 2.22. The highest BCUT2D eigenvalue weighted by molar-refractivity contribution is 5.89. The number of nitrogens with one attached hydrogen (secondary N) is 2. The Balaban J connectivity index is 2.55. The molecule has 3 nitrogen and oxygen atoms in total. The number of anilines is 1. The Labute approximate surface area is 89.9 Å². The van der Waals surface area contributed by atoms with Crippen LogP contribution in [0, 0.1) is 12.3 Å². The number of benzene rings is 1. The van der Waals surface area contributed by atoms with Crippen molar-refractivity contribution in [2.75, 3.05) is 5.32 Å². The molecule has 0 radical (unpaired) electrons. The van der Waals surface area contributed by atoms with Crippen LogP contribution in [0.2, 0.25) is 0 Å². The summed E-state index contributed by atoms with van der Waals surface area (Å²) in [7, 11) is 0. The van der Waals surface area contributed by atoms with Crippen molar-refractivity contribution >= 4 is 11.7 Å². The molecule has 0 aliphatic carbocycles. The van der Waals surface area contributed by atoms with Gasteiger partial charge in [0.25, 0.3) is 0 Å². The molecule has 3 heteroatoms. The Morgan fingerprint density at radius 1 is 1.33 bits per heavy atom. The van der Waals surface area contributed by atoms with Crippen molar-refractivity contribution in [3.8, 4) is 12.3 Å². The summed E-state index contributed by atoms with van der Waals surface area (Å²) in [5, 5.41) is 5.35. The van der Waals surface area contributed by atoms with Gasteiger partial charge in [0.1, 0.15) is 0 Å². The molecule has 0 unspecified atom stereocenters. The Kier molecular flexibility index (Phi) is 3.35. The number of hydrogen-bond donors (Lipinski definition) is 2. The summed E-state index contributed by atoms with van der Waals surface area (Å²) in [5.41, 5.74) is 0.0987. The van der Waals surface area contributed by atoms with Crippen LogP contribution in [0.25, 0.3) is 0 Å². The number of carbonyl (C=O) groups is 1. The van der Waals surface area contributed by atoms with Crippen LogP contribution in [-0.4, -0.2) is 11.6 Å². The maximum absolute atomic E-state index is 11.5. The van der Waals surface area contributed by atoms with Crippen molar-refractivity contribution in [1.29, 1.82) is 0 Å². The van der Waals surface area contributed by atoms with Gasteiger partial charge < -0.3 is 10.6 Å². The fourth-order valence-electron chi connectivity index (χ4n) is 1.00. The molecular formula is C12H14N2O. The Hall–Kier alpha value is -1.95. The molecule has 1 aromatic carbocycles.